The van der Waals surface area contributed by atoms with E-state index in [2.05, 4.69) is 44.8 Å². The van der Waals surface area contributed by atoms with Gasteiger partial charge in [-0.3, -0.25) is 0 Å². The highest BCUT2D eigenvalue weighted by Gasteiger charge is 2.29. The fraction of sp³-hybridized carbons (Fsp3) is 1.00. The molecule has 3 nitrogen and oxygen atoms in total. The molecule has 0 bridgehead atoms. The Kier molecular flexibility index (Phi) is 6.78. The Morgan fingerprint density at radius 3 is 2.53 bits per heavy atom. The fourth-order valence-corrected chi connectivity index (χ4v) is 3.37. The van der Waals surface area contributed by atoms with Crippen LogP contribution in [0.25, 0.3) is 0 Å². The van der Waals surface area contributed by atoms with Gasteiger partial charge in [-0.2, -0.15) is 0 Å². The molecule has 3 atom stereocenters. The second-order valence-electron chi connectivity index (χ2n) is 7.14. The lowest BCUT2D eigenvalue weighted by Gasteiger charge is -2.37. The lowest BCUT2D eigenvalue weighted by molar-refractivity contribution is 0.110. The summed E-state index contributed by atoms with van der Waals surface area (Å²) in [5.74, 6) is 0.871. The number of aliphatic hydroxyl groups excluding tert-OH is 1. The topological polar surface area (TPSA) is 35.5 Å². The van der Waals surface area contributed by atoms with Gasteiger partial charge in [0.05, 0.1) is 6.61 Å². The van der Waals surface area contributed by atoms with Crippen molar-refractivity contribution < 1.29 is 5.11 Å². The Balaban J connectivity index is 2.53. The molecule has 1 fully saturated rings. The molecule has 0 aliphatic carbocycles. The van der Waals surface area contributed by atoms with Crippen molar-refractivity contribution in [3.63, 3.8) is 0 Å². The molecule has 2 N–H and O–H groups in total. The van der Waals surface area contributed by atoms with Crippen LogP contribution in [0.3, 0.4) is 0 Å². The predicted molar refractivity (Wildman–Crippen MR) is 82.4 cm³/mol. The van der Waals surface area contributed by atoms with Crippen LogP contribution in [-0.2, 0) is 0 Å². The van der Waals surface area contributed by atoms with E-state index in [4.69, 9.17) is 0 Å². The van der Waals surface area contributed by atoms with Crippen molar-refractivity contribution in [2.24, 2.45) is 5.92 Å². The van der Waals surface area contributed by atoms with Gasteiger partial charge in [-0.25, -0.2) is 0 Å². The molecule has 0 aromatic rings. The van der Waals surface area contributed by atoms with E-state index in [9.17, 15) is 5.11 Å². The lowest BCUT2D eigenvalue weighted by Crippen LogP contribution is -2.53. The maximum Gasteiger partial charge on any atom is 0.0611 e. The van der Waals surface area contributed by atoms with E-state index < -0.39 is 0 Å². The molecule has 0 saturated carbocycles. The van der Waals surface area contributed by atoms with Crippen LogP contribution in [0.1, 0.15) is 60.3 Å². The minimum absolute atomic E-state index is 0.161. The smallest absolute Gasteiger partial charge is 0.0611 e. The quantitative estimate of drug-likeness (QED) is 0.779. The highest BCUT2D eigenvalue weighted by molar-refractivity contribution is 4.89. The van der Waals surface area contributed by atoms with Crippen molar-refractivity contribution in [3.05, 3.63) is 0 Å². The Bertz CT molecular complexity index is 257. The van der Waals surface area contributed by atoms with E-state index in [1.807, 2.05) is 0 Å². The minimum Gasteiger partial charge on any atom is -0.394 e. The summed E-state index contributed by atoms with van der Waals surface area (Å²) >= 11 is 0. The standard InChI is InChI=1S/C16H34N2O/c1-13(2)17-16(5,12-19)11-15(4)18-9-6-7-14(3)8-10-18/h13-15,17,19H,6-12H2,1-5H3. The fourth-order valence-electron chi connectivity index (χ4n) is 3.37. The minimum atomic E-state index is -0.161. The van der Waals surface area contributed by atoms with Gasteiger partial charge in [0.15, 0.2) is 0 Å². The molecule has 1 aliphatic heterocycles. The number of hydrogen-bond donors (Lipinski definition) is 2. The Labute approximate surface area is 119 Å². The van der Waals surface area contributed by atoms with Gasteiger partial charge >= 0.3 is 0 Å². The summed E-state index contributed by atoms with van der Waals surface area (Å²) in [7, 11) is 0. The molecular formula is C16H34N2O. The predicted octanol–water partition coefficient (Wildman–Crippen LogP) is 2.64. The molecule has 0 aromatic heterocycles. The maximum atomic E-state index is 9.70. The highest BCUT2D eigenvalue weighted by atomic mass is 16.3. The number of nitrogens with zero attached hydrogens (tertiary/aromatic N) is 1. The molecule has 3 unspecified atom stereocenters. The Hall–Kier alpha value is -0.120. The van der Waals surface area contributed by atoms with Gasteiger partial charge in [-0.15, -0.1) is 0 Å². The molecule has 1 rings (SSSR count). The molecule has 0 aromatic carbocycles. The van der Waals surface area contributed by atoms with E-state index in [0.29, 0.717) is 12.1 Å². The van der Waals surface area contributed by atoms with Crippen molar-refractivity contribution >= 4 is 0 Å². The van der Waals surface area contributed by atoms with Gasteiger partial charge in [-0.1, -0.05) is 20.8 Å². The van der Waals surface area contributed by atoms with E-state index in [1.54, 1.807) is 0 Å². The Morgan fingerprint density at radius 2 is 1.95 bits per heavy atom. The lowest BCUT2D eigenvalue weighted by atomic mass is 9.92. The molecule has 1 saturated heterocycles. The van der Waals surface area contributed by atoms with Gasteiger partial charge in [0.25, 0.3) is 0 Å². The molecule has 19 heavy (non-hydrogen) atoms. The molecule has 0 spiro atoms. The summed E-state index contributed by atoms with van der Waals surface area (Å²) in [6.07, 6.45) is 5.01. The van der Waals surface area contributed by atoms with Gasteiger partial charge in [0, 0.05) is 17.6 Å². The Morgan fingerprint density at radius 1 is 1.26 bits per heavy atom. The molecule has 1 aliphatic rings. The first-order chi connectivity index (χ1) is 8.86. The zero-order chi connectivity index (χ0) is 14.5. The molecule has 114 valence electrons. The largest absolute Gasteiger partial charge is 0.394 e. The average molecular weight is 270 g/mol. The van der Waals surface area contributed by atoms with Crippen molar-refractivity contribution in [1.29, 1.82) is 0 Å². The van der Waals surface area contributed by atoms with Crippen LogP contribution in [-0.4, -0.2) is 47.3 Å². The summed E-state index contributed by atoms with van der Waals surface area (Å²) in [6.45, 7) is 13.8. The SMILES string of the molecule is CC1CCCN(C(C)CC(C)(CO)NC(C)C)CC1. The van der Waals surface area contributed by atoms with Crippen molar-refractivity contribution in [3.8, 4) is 0 Å². The summed E-state index contributed by atoms with van der Waals surface area (Å²) < 4.78 is 0. The van der Waals surface area contributed by atoms with E-state index in [1.165, 1.54) is 32.4 Å². The van der Waals surface area contributed by atoms with Crippen molar-refractivity contribution in [2.75, 3.05) is 19.7 Å². The summed E-state index contributed by atoms with van der Waals surface area (Å²) in [6, 6.07) is 0.946. The maximum absolute atomic E-state index is 9.70. The summed E-state index contributed by atoms with van der Waals surface area (Å²) in [5, 5.41) is 13.2. The van der Waals surface area contributed by atoms with E-state index in [-0.39, 0.29) is 12.1 Å². The van der Waals surface area contributed by atoms with Crippen LogP contribution in [0.5, 0.6) is 0 Å². The van der Waals surface area contributed by atoms with Crippen LogP contribution >= 0.6 is 0 Å². The number of hydrogen-bond acceptors (Lipinski definition) is 3. The molecule has 0 radical (unpaired) electrons. The first kappa shape index (κ1) is 16.9. The zero-order valence-corrected chi connectivity index (χ0v) is 13.6. The van der Waals surface area contributed by atoms with Gasteiger partial charge in [0.1, 0.15) is 0 Å². The van der Waals surface area contributed by atoms with Gasteiger partial charge in [0.2, 0.25) is 0 Å². The van der Waals surface area contributed by atoms with Crippen LogP contribution in [0.4, 0.5) is 0 Å². The second-order valence-corrected chi connectivity index (χ2v) is 7.14. The van der Waals surface area contributed by atoms with E-state index in [0.717, 1.165) is 12.3 Å². The van der Waals surface area contributed by atoms with Crippen molar-refractivity contribution in [1.82, 2.24) is 10.2 Å². The summed E-state index contributed by atoms with van der Waals surface area (Å²) in [5.41, 5.74) is -0.161. The monoisotopic (exact) mass is 270 g/mol. The van der Waals surface area contributed by atoms with Gasteiger partial charge < -0.3 is 15.3 Å². The molecule has 0 amide bonds. The number of likely N-dealkylation sites (tertiary alicyclic amines) is 1. The first-order valence-corrected chi connectivity index (χ1v) is 7.99. The number of aliphatic hydroxyl groups is 1. The molecule has 1 heterocycles. The van der Waals surface area contributed by atoms with Gasteiger partial charge in [-0.05, 0) is 58.5 Å². The van der Waals surface area contributed by atoms with Crippen molar-refractivity contribution in [2.45, 2.75) is 77.9 Å². The third kappa shape index (κ3) is 5.80. The number of nitrogens with one attached hydrogen (secondary N) is 1. The van der Waals surface area contributed by atoms with Crippen LogP contribution in [0.2, 0.25) is 0 Å². The zero-order valence-electron chi connectivity index (χ0n) is 13.6. The molecule has 3 heteroatoms. The third-order valence-electron chi connectivity index (χ3n) is 4.41. The normalized spacial score (nSPS) is 27.0. The highest BCUT2D eigenvalue weighted by Crippen LogP contribution is 2.22. The van der Waals surface area contributed by atoms with Crippen LogP contribution < -0.4 is 5.32 Å². The number of rotatable bonds is 6. The summed E-state index contributed by atoms with van der Waals surface area (Å²) in [4.78, 5) is 2.61. The van der Waals surface area contributed by atoms with E-state index >= 15 is 0 Å². The second kappa shape index (κ2) is 7.61. The first-order valence-electron chi connectivity index (χ1n) is 7.99. The van der Waals surface area contributed by atoms with Crippen LogP contribution in [0, 0.1) is 5.92 Å². The average Bonchev–Trinajstić information content (AvgIpc) is 2.53. The molecular weight excluding hydrogens is 236 g/mol. The third-order valence-corrected chi connectivity index (χ3v) is 4.41. The van der Waals surface area contributed by atoms with Crippen LogP contribution in [0.15, 0.2) is 0 Å².